The van der Waals surface area contributed by atoms with Gasteiger partial charge in [0.05, 0.1) is 35.3 Å². The van der Waals surface area contributed by atoms with Gasteiger partial charge in [-0.15, -0.1) is 0 Å². The van der Waals surface area contributed by atoms with Gasteiger partial charge < -0.3 is 15.0 Å². The van der Waals surface area contributed by atoms with E-state index in [2.05, 4.69) is 18.0 Å². The summed E-state index contributed by atoms with van der Waals surface area (Å²) in [7, 11) is 1.68. The van der Waals surface area contributed by atoms with Gasteiger partial charge in [0.2, 0.25) is 5.95 Å². The lowest BCUT2D eigenvalue weighted by molar-refractivity contribution is 0.153. The lowest BCUT2D eigenvalue weighted by Gasteiger charge is -2.19. The molecule has 1 aromatic carbocycles. The quantitative estimate of drug-likeness (QED) is 0.893. The van der Waals surface area contributed by atoms with Crippen molar-refractivity contribution >= 4 is 17.0 Å². The number of aromatic nitrogens is 2. The average Bonchev–Trinajstić information content (AvgIpc) is 2.73. The van der Waals surface area contributed by atoms with Crippen molar-refractivity contribution in [2.24, 2.45) is 0 Å². The summed E-state index contributed by atoms with van der Waals surface area (Å²) < 4.78 is 7.25. The largest absolute Gasteiger partial charge is 0.383 e. The number of hydrogen-bond donors (Lipinski definition) is 1. The Bertz CT molecular complexity index is 606. The molecule has 2 rings (SSSR count). The first kappa shape index (κ1) is 13.4. The fourth-order valence-corrected chi connectivity index (χ4v) is 2.38. The molecule has 5 heteroatoms. The number of fused-ring (bicyclic) bond motifs is 1. The number of benzene rings is 1. The van der Waals surface area contributed by atoms with E-state index < -0.39 is 0 Å². The molecule has 0 amide bonds. The minimum Gasteiger partial charge on any atom is -0.383 e. The second-order valence-electron chi connectivity index (χ2n) is 4.55. The van der Waals surface area contributed by atoms with E-state index in [1.807, 2.05) is 16.7 Å². The monoisotopic (exact) mass is 258 g/mol. The van der Waals surface area contributed by atoms with Gasteiger partial charge in [-0.25, -0.2) is 4.98 Å². The van der Waals surface area contributed by atoms with Crippen molar-refractivity contribution in [3.8, 4) is 6.07 Å². The third-order valence-electron chi connectivity index (χ3n) is 3.19. The molecular weight excluding hydrogens is 240 g/mol. The number of nitrogen functional groups attached to an aromatic ring is 1. The third kappa shape index (κ3) is 2.54. The van der Waals surface area contributed by atoms with Crippen LogP contribution in [0, 0.1) is 11.3 Å². The zero-order valence-electron chi connectivity index (χ0n) is 11.3. The second kappa shape index (κ2) is 5.72. The van der Waals surface area contributed by atoms with Gasteiger partial charge in [-0.3, -0.25) is 0 Å². The van der Waals surface area contributed by atoms with E-state index in [0.717, 1.165) is 23.9 Å². The highest BCUT2D eigenvalue weighted by atomic mass is 16.5. The molecule has 2 N–H and O–H groups in total. The highest BCUT2D eigenvalue weighted by Gasteiger charge is 2.17. The van der Waals surface area contributed by atoms with Crippen LogP contribution >= 0.6 is 0 Å². The zero-order valence-corrected chi connectivity index (χ0v) is 11.3. The van der Waals surface area contributed by atoms with Crippen LogP contribution in [-0.4, -0.2) is 23.3 Å². The summed E-state index contributed by atoms with van der Waals surface area (Å²) in [4.78, 5) is 4.35. The molecule has 1 atom stereocenters. The second-order valence-corrected chi connectivity index (χ2v) is 4.55. The summed E-state index contributed by atoms with van der Waals surface area (Å²) in [5, 5.41) is 9.00. The van der Waals surface area contributed by atoms with E-state index in [9.17, 15) is 0 Å². The molecular formula is C14H18N4O. The van der Waals surface area contributed by atoms with E-state index in [1.54, 1.807) is 13.2 Å². The molecule has 19 heavy (non-hydrogen) atoms. The van der Waals surface area contributed by atoms with Gasteiger partial charge in [-0.2, -0.15) is 5.26 Å². The summed E-state index contributed by atoms with van der Waals surface area (Å²) in [6.45, 7) is 2.71. The Morgan fingerprint density at radius 3 is 2.95 bits per heavy atom. The molecule has 0 saturated carbocycles. The molecule has 1 unspecified atom stereocenters. The average molecular weight is 258 g/mol. The molecule has 0 fully saturated rings. The number of rotatable bonds is 5. The number of imidazole rings is 1. The first-order valence-corrected chi connectivity index (χ1v) is 6.37. The number of nitrogens with two attached hydrogens (primary N) is 1. The highest BCUT2D eigenvalue weighted by Crippen LogP contribution is 2.26. The summed E-state index contributed by atoms with van der Waals surface area (Å²) in [5.74, 6) is 0.473. The molecule has 0 saturated heterocycles. The molecule has 0 bridgehead atoms. The first-order valence-electron chi connectivity index (χ1n) is 6.37. The van der Waals surface area contributed by atoms with Crippen LogP contribution in [0.5, 0.6) is 0 Å². The van der Waals surface area contributed by atoms with Crippen molar-refractivity contribution in [3.05, 3.63) is 23.8 Å². The summed E-state index contributed by atoms with van der Waals surface area (Å²) in [6, 6.07) is 7.71. The van der Waals surface area contributed by atoms with Gasteiger partial charge in [0.15, 0.2) is 0 Å². The van der Waals surface area contributed by atoms with Gasteiger partial charge in [-0.1, -0.05) is 13.3 Å². The van der Waals surface area contributed by atoms with Crippen LogP contribution < -0.4 is 5.73 Å². The number of anilines is 1. The number of nitrogens with zero attached hydrogens (tertiary/aromatic N) is 3. The maximum atomic E-state index is 9.00. The van der Waals surface area contributed by atoms with Crippen LogP contribution in [0.15, 0.2) is 18.2 Å². The lowest BCUT2D eigenvalue weighted by Crippen LogP contribution is -2.16. The fraction of sp³-hybridized carbons (Fsp3) is 0.429. The maximum absolute atomic E-state index is 9.00. The number of ether oxygens (including phenoxy) is 1. The van der Waals surface area contributed by atoms with Gasteiger partial charge >= 0.3 is 0 Å². The van der Waals surface area contributed by atoms with Gasteiger partial charge in [0.25, 0.3) is 0 Å². The van der Waals surface area contributed by atoms with Crippen molar-refractivity contribution < 1.29 is 4.74 Å². The van der Waals surface area contributed by atoms with Gasteiger partial charge in [-0.05, 0) is 24.6 Å². The van der Waals surface area contributed by atoms with Crippen LogP contribution in [0.3, 0.4) is 0 Å². The first-order chi connectivity index (χ1) is 9.21. The molecule has 0 aliphatic carbocycles. The Hall–Kier alpha value is -2.06. The highest BCUT2D eigenvalue weighted by molar-refractivity contribution is 5.80. The van der Waals surface area contributed by atoms with E-state index in [0.29, 0.717) is 18.1 Å². The maximum Gasteiger partial charge on any atom is 0.201 e. The Balaban J connectivity index is 2.56. The summed E-state index contributed by atoms with van der Waals surface area (Å²) >= 11 is 0. The minimum absolute atomic E-state index is 0.147. The van der Waals surface area contributed by atoms with Crippen LogP contribution in [0.4, 0.5) is 5.95 Å². The van der Waals surface area contributed by atoms with Crippen molar-refractivity contribution in [2.75, 3.05) is 19.5 Å². The molecule has 0 aliphatic heterocycles. The van der Waals surface area contributed by atoms with E-state index in [1.165, 1.54) is 0 Å². The molecule has 1 aromatic heterocycles. The molecule has 1 heterocycles. The molecule has 0 aliphatic rings. The topological polar surface area (TPSA) is 76.9 Å². The van der Waals surface area contributed by atoms with E-state index >= 15 is 0 Å². The van der Waals surface area contributed by atoms with Crippen LogP contribution in [-0.2, 0) is 4.74 Å². The predicted molar refractivity (Wildman–Crippen MR) is 74.7 cm³/mol. The number of nitriles is 1. The van der Waals surface area contributed by atoms with Crippen molar-refractivity contribution in [1.82, 2.24) is 9.55 Å². The van der Waals surface area contributed by atoms with Crippen LogP contribution in [0.1, 0.15) is 31.4 Å². The molecule has 5 nitrogen and oxygen atoms in total. The van der Waals surface area contributed by atoms with Crippen molar-refractivity contribution in [1.29, 1.82) is 5.26 Å². The van der Waals surface area contributed by atoms with E-state index in [-0.39, 0.29) is 6.04 Å². The Morgan fingerprint density at radius 1 is 1.53 bits per heavy atom. The zero-order chi connectivity index (χ0) is 13.8. The van der Waals surface area contributed by atoms with Gasteiger partial charge in [0, 0.05) is 7.11 Å². The Labute approximate surface area is 112 Å². The molecule has 0 radical (unpaired) electrons. The van der Waals surface area contributed by atoms with Crippen LogP contribution in [0.2, 0.25) is 0 Å². The predicted octanol–water partition coefficient (Wildman–Crippen LogP) is 2.48. The van der Waals surface area contributed by atoms with Crippen LogP contribution in [0.25, 0.3) is 11.0 Å². The molecule has 0 spiro atoms. The Morgan fingerprint density at radius 2 is 2.32 bits per heavy atom. The normalized spacial score (nSPS) is 12.5. The molecule has 2 aromatic rings. The van der Waals surface area contributed by atoms with Crippen molar-refractivity contribution in [3.63, 3.8) is 0 Å². The smallest absolute Gasteiger partial charge is 0.201 e. The lowest BCUT2D eigenvalue weighted by atomic mass is 10.1. The SMILES string of the molecule is CCCC(COC)n1c(N)nc2ccc(C#N)cc21. The summed E-state index contributed by atoms with van der Waals surface area (Å²) in [5.41, 5.74) is 8.34. The standard InChI is InChI=1S/C14H18N4O/c1-3-4-11(9-19-2)18-13-7-10(8-15)5-6-12(13)17-14(18)16/h5-7,11H,3-4,9H2,1-2H3,(H2,16,17). The number of hydrogen-bond acceptors (Lipinski definition) is 4. The third-order valence-corrected chi connectivity index (χ3v) is 3.19. The van der Waals surface area contributed by atoms with E-state index in [4.69, 9.17) is 15.7 Å². The molecule has 100 valence electrons. The fourth-order valence-electron chi connectivity index (χ4n) is 2.38. The number of methoxy groups -OCH3 is 1. The summed E-state index contributed by atoms with van der Waals surface area (Å²) in [6.07, 6.45) is 1.99. The Kier molecular flexibility index (Phi) is 4.03. The minimum atomic E-state index is 0.147. The van der Waals surface area contributed by atoms with Gasteiger partial charge in [0.1, 0.15) is 0 Å². The van der Waals surface area contributed by atoms with Crippen molar-refractivity contribution in [2.45, 2.75) is 25.8 Å².